The fourth-order valence-electron chi connectivity index (χ4n) is 3.78. The summed E-state index contributed by atoms with van der Waals surface area (Å²) in [7, 11) is 1.48. The van der Waals surface area contributed by atoms with Gasteiger partial charge in [-0.15, -0.1) is 0 Å². The van der Waals surface area contributed by atoms with Gasteiger partial charge in [0.1, 0.15) is 5.75 Å². The fourth-order valence-corrected chi connectivity index (χ4v) is 3.78. The summed E-state index contributed by atoms with van der Waals surface area (Å²) in [5.41, 5.74) is 2.57. The van der Waals surface area contributed by atoms with Crippen LogP contribution in [0, 0.1) is 0 Å². The highest BCUT2D eigenvalue weighted by Gasteiger charge is 2.18. The van der Waals surface area contributed by atoms with Crippen LogP contribution in [0.3, 0.4) is 0 Å². The van der Waals surface area contributed by atoms with E-state index in [9.17, 15) is 14.4 Å². The smallest absolute Gasteiger partial charge is 0.314 e. The van der Waals surface area contributed by atoms with Gasteiger partial charge >= 0.3 is 11.8 Å². The van der Waals surface area contributed by atoms with Crippen molar-refractivity contribution >= 4 is 29.1 Å². The molecule has 11 heteroatoms. The van der Waals surface area contributed by atoms with E-state index in [0.29, 0.717) is 45.5 Å². The molecule has 3 N–H and O–H groups in total. The van der Waals surface area contributed by atoms with Gasteiger partial charge in [-0.1, -0.05) is 12.1 Å². The van der Waals surface area contributed by atoms with Crippen molar-refractivity contribution in [2.45, 2.75) is 6.54 Å². The zero-order chi connectivity index (χ0) is 26.5. The molecule has 0 aliphatic carbocycles. The molecule has 192 valence electrons. The quantitative estimate of drug-likeness (QED) is 0.318. The monoisotopic (exact) mass is 514 g/mol. The second kappa shape index (κ2) is 10.7. The Morgan fingerprint density at radius 1 is 0.921 bits per heavy atom. The van der Waals surface area contributed by atoms with Crippen molar-refractivity contribution in [3.05, 3.63) is 84.4 Å². The van der Waals surface area contributed by atoms with Crippen molar-refractivity contribution in [1.82, 2.24) is 10.3 Å². The summed E-state index contributed by atoms with van der Waals surface area (Å²) < 4.78 is 21.2. The van der Waals surface area contributed by atoms with Crippen LogP contribution in [-0.2, 0) is 16.1 Å². The molecule has 3 aromatic carbocycles. The predicted octanol–water partition coefficient (Wildman–Crippen LogP) is 3.59. The first-order chi connectivity index (χ1) is 18.5. The van der Waals surface area contributed by atoms with E-state index in [-0.39, 0.29) is 19.2 Å². The molecule has 3 amide bonds. The first-order valence-electron chi connectivity index (χ1n) is 11.5. The van der Waals surface area contributed by atoms with Crippen LogP contribution in [0.2, 0.25) is 0 Å². The molecule has 1 aliphatic heterocycles. The molecule has 0 saturated carbocycles. The summed E-state index contributed by atoms with van der Waals surface area (Å²) in [4.78, 5) is 41.4. The van der Waals surface area contributed by atoms with Crippen LogP contribution < -0.4 is 30.2 Å². The molecule has 38 heavy (non-hydrogen) atoms. The average molecular weight is 514 g/mol. The van der Waals surface area contributed by atoms with Crippen LogP contribution in [0.5, 0.6) is 17.2 Å². The molecule has 0 bridgehead atoms. The number of nitrogens with zero attached hydrogens (tertiary/aromatic N) is 1. The highest BCUT2D eigenvalue weighted by Crippen LogP contribution is 2.33. The average Bonchev–Trinajstić information content (AvgIpc) is 3.64. The third-order valence-corrected chi connectivity index (χ3v) is 5.64. The first-order valence-corrected chi connectivity index (χ1v) is 11.5. The number of ether oxygens (including phenoxy) is 3. The van der Waals surface area contributed by atoms with Gasteiger partial charge in [-0.3, -0.25) is 14.4 Å². The Hall–Kier alpha value is -5.32. The van der Waals surface area contributed by atoms with Gasteiger partial charge in [-0.25, -0.2) is 4.98 Å². The largest absolute Gasteiger partial charge is 0.496 e. The lowest BCUT2D eigenvalue weighted by atomic mass is 10.1. The van der Waals surface area contributed by atoms with E-state index in [1.165, 1.54) is 13.5 Å². The van der Waals surface area contributed by atoms with E-state index in [4.69, 9.17) is 18.6 Å². The Morgan fingerprint density at radius 3 is 2.47 bits per heavy atom. The zero-order valence-electron chi connectivity index (χ0n) is 20.1. The summed E-state index contributed by atoms with van der Waals surface area (Å²) in [6.45, 7) is 0.335. The van der Waals surface area contributed by atoms with Crippen molar-refractivity contribution in [2.75, 3.05) is 24.5 Å². The molecular formula is C27H22N4O7. The van der Waals surface area contributed by atoms with Gasteiger partial charge in [-0.2, -0.15) is 0 Å². The Bertz CT molecular complexity index is 1500. The number of methoxy groups -OCH3 is 1. The number of carbonyl (C=O) groups is 3. The van der Waals surface area contributed by atoms with Gasteiger partial charge in [0.15, 0.2) is 23.7 Å². The van der Waals surface area contributed by atoms with E-state index in [1.807, 2.05) is 0 Å². The van der Waals surface area contributed by atoms with E-state index in [2.05, 4.69) is 20.9 Å². The zero-order valence-corrected chi connectivity index (χ0v) is 20.1. The van der Waals surface area contributed by atoms with Crippen LogP contribution in [0.1, 0.15) is 15.9 Å². The van der Waals surface area contributed by atoms with Gasteiger partial charge in [0.2, 0.25) is 6.79 Å². The molecule has 5 rings (SSSR count). The van der Waals surface area contributed by atoms with Crippen molar-refractivity contribution in [1.29, 1.82) is 0 Å². The van der Waals surface area contributed by atoms with Crippen LogP contribution in [0.25, 0.3) is 11.3 Å². The maximum Gasteiger partial charge on any atom is 0.314 e. The Kier molecular flexibility index (Phi) is 6.89. The maximum absolute atomic E-state index is 12.5. The van der Waals surface area contributed by atoms with Crippen molar-refractivity contribution in [3.8, 4) is 28.6 Å². The van der Waals surface area contributed by atoms with Gasteiger partial charge in [0.05, 0.1) is 18.9 Å². The fraction of sp³-hybridized carbons (Fsp3) is 0.111. The highest BCUT2D eigenvalue weighted by molar-refractivity contribution is 6.43. The summed E-state index contributed by atoms with van der Waals surface area (Å²) in [5.74, 6) is 0.0500. The molecule has 0 atom stereocenters. The lowest BCUT2D eigenvalue weighted by Crippen LogP contribution is -2.29. The molecule has 2 heterocycles. The predicted molar refractivity (Wildman–Crippen MR) is 136 cm³/mol. The number of fused-ring (bicyclic) bond motifs is 1. The molecule has 11 nitrogen and oxygen atoms in total. The molecule has 0 unspecified atom stereocenters. The normalized spacial score (nSPS) is 11.5. The number of carbonyl (C=O) groups excluding carboxylic acids is 3. The molecule has 0 saturated heterocycles. The van der Waals surface area contributed by atoms with E-state index < -0.39 is 11.8 Å². The van der Waals surface area contributed by atoms with Crippen LogP contribution in [-0.4, -0.2) is 36.6 Å². The molecular weight excluding hydrogens is 492 g/mol. The lowest BCUT2D eigenvalue weighted by molar-refractivity contribution is -0.132. The molecule has 0 radical (unpaired) electrons. The minimum atomic E-state index is -0.860. The van der Waals surface area contributed by atoms with Crippen molar-refractivity contribution in [2.24, 2.45) is 0 Å². The van der Waals surface area contributed by atoms with Crippen LogP contribution in [0.4, 0.5) is 11.4 Å². The van der Waals surface area contributed by atoms with E-state index >= 15 is 0 Å². The van der Waals surface area contributed by atoms with Gasteiger partial charge < -0.3 is 34.6 Å². The summed E-state index contributed by atoms with van der Waals surface area (Å²) >= 11 is 0. The maximum atomic E-state index is 12.5. The Labute approximate surface area is 216 Å². The number of rotatable bonds is 7. The Balaban J connectivity index is 1.17. The van der Waals surface area contributed by atoms with Crippen molar-refractivity contribution in [3.63, 3.8) is 0 Å². The number of benzene rings is 3. The highest BCUT2D eigenvalue weighted by atomic mass is 16.7. The Morgan fingerprint density at radius 2 is 1.71 bits per heavy atom. The van der Waals surface area contributed by atoms with Crippen LogP contribution >= 0.6 is 0 Å². The molecule has 0 fully saturated rings. The second-order valence-corrected chi connectivity index (χ2v) is 8.14. The third-order valence-electron chi connectivity index (χ3n) is 5.64. The first kappa shape index (κ1) is 24.4. The van der Waals surface area contributed by atoms with Crippen LogP contribution in [0.15, 0.2) is 77.7 Å². The minimum Gasteiger partial charge on any atom is -0.496 e. The van der Waals surface area contributed by atoms with Crippen molar-refractivity contribution < 1.29 is 33.0 Å². The SMILES string of the molecule is COc1cc(NC(=O)C(=O)Nc2cccc(CNC(=O)c3ccc4c(c3)OCO4)c2)ccc1-c1cnco1. The minimum absolute atomic E-state index is 0.126. The van der Waals surface area contributed by atoms with E-state index in [0.717, 1.165) is 5.56 Å². The summed E-state index contributed by atoms with van der Waals surface area (Å²) in [5, 5.41) is 7.93. The third kappa shape index (κ3) is 5.41. The number of anilines is 2. The van der Waals surface area contributed by atoms with E-state index in [1.54, 1.807) is 66.9 Å². The summed E-state index contributed by atoms with van der Waals surface area (Å²) in [6.07, 6.45) is 2.84. The number of amides is 3. The summed E-state index contributed by atoms with van der Waals surface area (Å²) in [6, 6.07) is 16.6. The lowest BCUT2D eigenvalue weighted by Gasteiger charge is -2.11. The molecule has 1 aromatic heterocycles. The number of hydrogen-bond donors (Lipinski definition) is 3. The van der Waals surface area contributed by atoms with Gasteiger partial charge in [-0.05, 0) is 48.0 Å². The molecule has 1 aliphatic rings. The standard InChI is InChI=1S/C27H22N4O7/c1-35-22-11-19(6-7-20(22)24-13-28-14-36-24)31-27(34)26(33)30-18-4-2-3-16(9-18)12-29-25(32)17-5-8-21-23(10-17)38-15-37-21/h2-11,13-14H,12,15H2,1H3,(H,29,32)(H,30,33)(H,31,34). The van der Waals surface area contributed by atoms with Gasteiger partial charge in [0.25, 0.3) is 5.91 Å². The topological polar surface area (TPSA) is 141 Å². The molecule has 4 aromatic rings. The second-order valence-electron chi connectivity index (χ2n) is 8.14. The number of aromatic nitrogens is 1. The number of hydrogen-bond acceptors (Lipinski definition) is 8. The number of oxazole rings is 1. The molecule has 0 spiro atoms. The van der Waals surface area contributed by atoms with Gasteiger partial charge in [0, 0.05) is 29.5 Å². The number of nitrogens with one attached hydrogen (secondary N) is 3.